The molecule has 2 rings (SSSR count). The third kappa shape index (κ3) is 3.70. The Hall–Kier alpha value is -0.580. The van der Waals surface area contributed by atoms with Crippen molar-refractivity contribution in [2.24, 2.45) is 11.7 Å². The molecule has 1 amide bonds. The average Bonchev–Trinajstić information content (AvgIpc) is 3.13. The summed E-state index contributed by atoms with van der Waals surface area (Å²) < 4.78 is 0.959. The number of carbonyl (C=O) groups excluding carboxylic acids is 1. The number of carbonyl (C=O) groups is 1. The molecule has 1 saturated carbocycles. The van der Waals surface area contributed by atoms with Gasteiger partial charge in [0.15, 0.2) is 0 Å². The second-order valence-electron chi connectivity index (χ2n) is 4.62. The van der Waals surface area contributed by atoms with E-state index in [1.807, 2.05) is 25.1 Å². The molecule has 1 aliphatic rings. The largest absolute Gasteiger partial charge is 0.348 e. The lowest BCUT2D eigenvalue weighted by molar-refractivity contribution is 0.0933. The molecule has 5 heteroatoms. The van der Waals surface area contributed by atoms with Crippen LogP contribution in [-0.2, 0) is 0 Å². The molecule has 0 aliphatic heterocycles. The first-order chi connectivity index (χ1) is 8.11. The summed E-state index contributed by atoms with van der Waals surface area (Å²) >= 11 is 3.43. The Bertz CT molecular complexity index is 435. The maximum Gasteiger partial charge on any atom is 0.251 e. The van der Waals surface area contributed by atoms with Gasteiger partial charge in [-0.05, 0) is 43.4 Å². The van der Waals surface area contributed by atoms with E-state index in [0.717, 1.165) is 10.0 Å². The van der Waals surface area contributed by atoms with Gasteiger partial charge in [-0.15, -0.1) is 12.4 Å². The van der Waals surface area contributed by atoms with Crippen LogP contribution in [0.1, 0.15) is 28.8 Å². The number of rotatable bonds is 4. The van der Waals surface area contributed by atoms with Crippen LogP contribution in [0.15, 0.2) is 22.7 Å². The molecule has 3 N–H and O–H groups in total. The zero-order chi connectivity index (χ0) is 12.4. The predicted molar refractivity (Wildman–Crippen MR) is 79.2 cm³/mol. The maximum absolute atomic E-state index is 12.0. The molecule has 0 heterocycles. The van der Waals surface area contributed by atoms with Crippen molar-refractivity contribution in [2.75, 3.05) is 6.54 Å². The molecular weight excluding hydrogens is 316 g/mol. The van der Waals surface area contributed by atoms with Crippen LogP contribution < -0.4 is 11.1 Å². The maximum atomic E-state index is 12.0. The standard InChI is InChI=1S/C13H17BrN2O.ClH/c1-8-2-3-10(6-11(8)14)13(17)16-12(7-15)9-4-5-9;/h2-3,6,9,12H,4-5,7,15H2,1H3,(H,16,17);1H. The van der Waals surface area contributed by atoms with Gasteiger partial charge in [0, 0.05) is 22.6 Å². The highest BCUT2D eigenvalue weighted by molar-refractivity contribution is 9.10. The van der Waals surface area contributed by atoms with Gasteiger partial charge >= 0.3 is 0 Å². The Morgan fingerprint density at radius 2 is 2.22 bits per heavy atom. The van der Waals surface area contributed by atoms with Crippen molar-refractivity contribution in [3.8, 4) is 0 Å². The second-order valence-corrected chi connectivity index (χ2v) is 5.47. The Labute approximate surface area is 122 Å². The number of benzene rings is 1. The van der Waals surface area contributed by atoms with E-state index in [1.54, 1.807) is 0 Å². The Balaban J connectivity index is 0.00000162. The minimum atomic E-state index is -0.0342. The van der Waals surface area contributed by atoms with Gasteiger partial charge in [0.05, 0.1) is 0 Å². The third-order valence-corrected chi connectivity index (χ3v) is 4.05. The lowest BCUT2D eigenvalue weighted by atomic mass is 10.1. The summed E-state index contributed by atoms with van der Waals surface area (Å²) in [5.41, 5.74) is 7.48. The van der Waals surface area contributed by atoms with E-state index in [2.05, 4.69) is 21.2 Å². The van der Waals surface area contributed by atoms with E-state index in [1.165, 1.54) is 12.8 Å². The fourth-order valence-electron chi connectivity index (χ4n) is 1.85. The molecule has 1 unspecified atom stereocenters. The third-order valence-electron chi connectivity index (χ3n) is 3.20. The number of halogens is 2. The molecule has 0 radical (unpaired) electrons. The molecule has 0 saturated heterocycles. The molecule has 0 spiro atoms. The van der Waals surface area contributed by atoms with Crippen molar-refractivity contribution >= 4 is 34.2 Å². The normalized spacial score (nSPS) is 15.7. The van der Waals surface area contributed by atoms with E-state index in [9.17, 15) is 4.79 Å². The minimum Gasteiger partial charge on any atom is -0.348 e. The monoisotopic (exact) mass is 332 g/mol. The number of nitrogens with two attached hydrogens (primary N) is 1. The van der Waals surface area contributed by atoms with Gasteiger partial charge in [-0.1, -0.05) is 22.0 Å². The molecule has 1 fully saturated rings. The summed E-state index contributed by atoms with van der Waals surface area (Å²) in [5, 5.41) is 3.01. The molecule has 1 aromatic carbocycles. The van der Waals surface area contributed by atoms with E-state index in [-0.39, 0.29) is 24.4 Å². The van der Waals surface area contributed by atoms with Gasteiger partial charge in [0.2, 0.25) is 0 Å². The quantitative estimate of drug-likeness (QED) is 0.890. The number of aryl methyl sites for hydroxylation is 1. The molecule has 100 valence electrons. The van der Waals surface area contributed by atoms with Gasteiger partial charge < -0.3 is 11.1 Å². The number of hydrogen-bond donors (Lipinski definition) is 2. The van der Waals surface area contributed by atoms with Crippen molar-refractivity contribution in [3.63, 3.8) is 0 Å². The molecule has 18 heavy (non-hydrogen) atoms. The minimum absolute atomic E-state index is 0. The Kier molecular flexibility index (Phi) is 5.63. The molecule has 1 atom stereocenters. The summed E-state index contributed by atoms with van der Waals surface area (Å²) in [4.78, 5) is 12.0. The van der Waals surface area contributed by atoms with E-state index >= 15 is 0 Å². The van der Waals surface area contributed by atoms with Crippen molar-refractivity contribution in [3.05, 3.63) is 33.8 Å². The highest BCUT2D eigenvalue weighted by atomic mass is 79.9. The summed E-state index contributed by atoms with van der Waals surface area (Å²) in [6.45, 7) is 2.52. The molecule has 3 nitrogen and oxygen atoms in total. The molecule has 1 aromatic rings. The highest BCUT2D eigenvalue weighted by Gasteiger charge is 2.31. The summed E-state index contributed by atoms with van der Waals surface area (Å²) in [7, 11) is 0. The first kappa shape index (κ1) is 15.5. The van der Waals surface area contributed by atoms with Crippen LogP contribution in [0.4, 0.5) is 0 Å². The van der Waals surface area contributed by atoms with Crippen LogP contribution in [0, 0.1) is 12.8 Å². The van der Waals surface area contributed by atoms with Gasteiger partial charge in [-0.25, -0.2) is 0 Å². The summed E-state index contributed by atoms with van der Waals surface area (Å²) in [6, 6.07) is 5.76. The first-order valence-electron chi connectivity index (χ1n) is 5.89. The average molecular weight is 334 g/mol. The number of hydrogen-bond acceptors (Lipinski definition) is 2. The van der Waals surface area contributed by atoms with Gasteiger partial charge in [-0.3, -0.25) is 4.79 Å². The Morgan fingerprint density at radius 3 is 2.72 bits per heavy atom. The first-order valence-corrected chi connectivity index (χ1v) is 6.68. The van der Waals surface area contributed by atoms with Crippen LogP contribution in [0.25, 0.3) is 0 Å². The van der Waals surface area contributed by atoms with Gasteiger partial charge in [0.1, 0.15) is 0 Å². The Morgan fingerprint density at radius 1 is 1.56 bits per heavy atom. The highest BCUT2D eigenvalue weighted by Crippen LogP contribution is 2.32. The molecule has 1 aliphatic carbocycles. The van der Waals surface area contributed by atoms with Crippen LogP contribution in [0.3, 0.4) is 0 Å². The fraction of sp³-hybridized carbons (Fsp3) is 0.462. The van der Waals surface area contributed by atoms with Crippen LogP contribution in [0.5, 0.6) is 0 Å². The predicted octanol–water partition coefficient (Wildman–Crippen LogP) is 2.65. The number of amides is 1. The van der Waals surface area contributed by atoms with Crippen LogP contribution >= 0.6 is 28.3 Å². The van der Waals surface area contributed by atoms with Crippen LogP contribution in [0.2, 0.25) is 0 Å². The lowest BCUT2D eigenvalue weighted by Crippen LogP contribution is -2.41. The topological polar surface area (TPSA) is 55.1 Å². The molecule has 0 bridgehead atoms. The number of nitrogens with one attached hydrogen (secondary N) is 1. The van der Waals surface area contributed by atoms with Gasteiger partial charge in [-0.2, -0.15) is 0 Å². The molecular formula is C13H18BrClN2O. The SMILES string of the molecule is Cc1ccc(C(=O)NC(CN)C2CC2)cc1Br.Cl. The van der Waals surface area contributed by atoms with Crippen molar-refractivity contribution in [1.29, 1.82) is 0 Å². The zero-order valence-corrected chi connectivity index (χ0v) is 12.7. The molecule has 0 aromatic heterocycles. The smallest absolute Gasteiger partial charge is 0.251 e. The summed E-state index contributed by atoms with van der Waals surface area (Å²) in [6.07, 6.45) is 2.36. The van der Waals surface area contributed by atoms with Crippen molar-refractivity contribution < 1.29 is 4.79 Å². The van der Waals surface area contributed by atoms with Crippen molar-refractivity contribution in [1.82, 2.24) is 5.32 Å². The summed E-state index contributed by atoms with van der Waals surface area (Å²) in [5.74, 6) is 0.547. The van der Waals surface area contributed by atoms with E-state index in [0.29, 0.717) is 18.0 Å². The fourth-order valence-corrected chi connectivity index (χ4v) is 2.23. The van der Waals surface area contributed by atoms with Crippen LogP contribution in [-0.4, -0.2) is 18.5 Å². The van der Waals surface area contributed by atoms with E-state index in [4.69, 9.17) is 5.73 Å². The zero-order valence-electron chi connectivity index (χ0n) is 10.3. The van der Waals surface area contributed by atoms with Gasteiger partial charge in [0.25, 0.3) is 5.91 Å². The second kappa shape index (κ2) is 6.55. The lowest BCUT2D eigenvalue weighted by Gasteiger charge is -2.16. The van der Waals surface area contributed by atoms with E-state index < -0.39 is 0 Å². The van der Waals surface area contributed by atoms with Crippen molar-refractivity contribution in [2.45, 2.75) is 25.8 Å².